The minimum Gasteiger partial charge on any atom is -0.497 e. The normalized spacial score (nSPS) is 14.1. The Bertz CT molecular complexity index is 704. The molecule has 2 amide bonds. The Morgan fingerprint density at radius 3 is 2.07 bits per heavy atom. The van der Waals surface area contributed by atoms with Crippen LogP contribution in [0.1, 0.15) is 5.56 Å². The summed E-state index contributed by atoms with van der Waals surface area (Å²) in [5.41, 5.74) is 1.40. The van der Waals surface area contributed by atoms with Gasteiger partial charge in [0.15, 0.2) is 0 Å². The fourth-order valence-electron chi connectivity index (χ4n) is 2.91. The van der Waals surface area contributed by atoms with Crippen LogP contribution >= 0.6 is 0 Å². The summed E-state index contributed by atoms with van der Waals surface area (Å²) in [7, 11) is 4.77. The monoisotopic (exact) mass is 374 g/mol. The molecular weight excluding hydrogens is 348 g/mol. The van der Waals surface area contributed by atoms with Gasteiger partial charge < -0.3 is 19.1 Å². The Kier molecular flexibility index (Phi) is 7.57. The summed E-state index contributed by atoms with van der Waals surface area (Å²) in [5.74, 6) is 0.00840. The number of carbonyl (C=O) groups is 2. The number of rotatable bonds is 11. The van der Waals surface area contributed by atoms with Crippen molar-refractivity contribution in [2.75, 3.05) is 54.2 Å². The molecule has 27 heavy (non-hydrogen) atoms. The van der Waals surface area contributed by atoms with Crippen LogP contribution in [0.2, 0.25) is 0 Å². The summed E-state index contributed by atoms with van der Waals surface area (Å²) < 4.78 is 15.5. The van der Waals surface area contributed by atoms with Crippen molar-refractivity contribution in [2.45, 2.75) is 0 Å². The molecule has 0 saturated carbocycles. The number of nitrogens with zero attached hydrogens (tertiary/aromatic N) is 2. The van der Waals surface area contributed by atoms with E-state index in [0.717, 1.165) is 0 Å². The van der Waals surface area contributed by atoms with Crippen LogP contribution < -0.4 is 4.74 Å². The van der Waals surface area contributed by atoms with Crippen molar-refractivity contribution in [3.05, 3.63) is 48.2 Å². The second-order valence-corrected chi connectivity index (χ2v) is 5.93. The van der Waals surface area contributed by atoms with E-state index < -0.39 is 0 Å². The quantitative estimate of drug-likeness (QED) is 0.433. The molecule has 0 spiro atoms. The number of ether oxygens (including phenoxy) is 3. The van der Waals surface area contributed by atoms with Crippen LogP contribution in [0.5, 0.6) is 5.75 Å². The third kappa shape index (κ3) is 4.56. The lowest BCUT2D eigenvalue weighted by Gasteiger charge is -2.25. The number of imide groups is 1. The van der Waals surface area contributed by atoms with Crippen molar-refractivity contribution in [3.8, 4) is 5.75 Å². The molecule has 1 aliphatic heterocycles. The molecule has 0 bridgehead atoms. The average molecular weight is 374 g/mol. The van der Waals surface area contributed by atoms with E-state index in [2.05, 4.69) is 6.58 Å². The summed E-state index contributed by atoms with van der Waals surface area (Å²) in [6.07, 6.45) is 1.54. The van der Waals surface area contributed by atoms with Crippen molar-refractivity contribution in [1.29, 1.82) is 0 Å². The number of hydrogen-bond acceptors (Lipinski definition) is 6. The molecule has 0 aliphatic carbocycles. The predicted molar refractivity (Wildman–Crippen MR) is 102 cm³/mol. The van der Waals surface area contributed by atoms with Gasteiger partial charge in [0.1, 0.15) is 11.4 Å². The van der Waals surface area contributed by atoms with Gasteiger partial charge in [-0.2, -0.15) is 0 Å². The molecule has 1 aliphatic rings. The van der Waals surface area contributed by atoms with Crippen LogP contribution in [0.4, 0.5) is 0 Å². The summed E-state index contributed by atoms with van der Waals surface area (Å²) >= 11 is 0. The van der Waals surface area contributed by atoms with Gasteiger partial charge in [-0.3, -0.25) is 14.5 Å². The summed E-state index contributed by atoms with van der Waals surface area (Å²) in [4.78, 5) is 29.1. The van der Waals surface area contributed by atoms with Crippen LogP contribution in [0.15, 0.2) is 42.6 Å². The number of methoxy groups -OCH3 is 3. The van der Waals surface area contributed by atoms with Crippen LogP contribution in [0.3, 0.4) is 0 Å². The smallest absolute Gasteiger partial charge is 0.278 e. The highest BCUT2D eigenvalue weighted by Gasteiger charge is 2.40. The number of benzene rings is 1. The highest BCUT2D eigenvalue weighted by atomic mass is 16.5. The lowest BCUT2D eigenvalue weighted by atomic mass is 10.0. The molecule has 0 atom stereocenters. The van der Waals surface area contributed by atoms with Crippen molar-refractivity contribution in [3.63, 3.8) is 0 Å². The Hall–Kier alpha value is -2.64. The number of amides is 2. The number of hydrogen-bond donors (Lipinski definition) is 0. The van der Waals surface area contributed by atoms with Gasteiger partial charge in [0.25, 0.3) is 11.8 Å². The van der Waals surface area contributed by atoms with E-state index in [-0.39, 0.29) is 18.4 Å². The summed E-state index contributed by atoms with van der Waals surface area (Å²) in [6, 6.07) is 7.09. The van der Waals surface area contributed by atoms with Crippen LogP contribution in [-0.4, -0.2) is 75.8 Å². The molecule has 1 heterocycles. The van der Waals surface area contributed by atoms with Gasteiger partial charge in [-0.05, 0) is 17.7 Å². The van der Waals surface area contributed by atoms with E-state index in [1.165, 1.54) is 4.90 Å². The first-order valence-corrected chi connectivity index (χ1v) is 8.67. The van der Waals surface area contributed by atoms with Crippen molar-refractivity contribution in [1.82, 2.24) is 9.80 Å². The lowest BCUT2D eigenvalue weighted by Crippen LogP contribution is -2.37. The van der Waals surface area contributed by atoms with E-state index in [0.29, 0.717) is 48.9 Å². The molecular formula is C20H26N2O5. The van der Waals surface area contributed by atoms with Gasteiger partial charge in [0.2, 0.25) is 0 Å². The minimum absolute atomic E-state index is 0.156. The zero-order valence-electron chi connectivity index (χ0n) is 16.1. The first kappa shape index (κ1) is 20.7. The van der Waals surface area contributed by atoms with Gasteiger partial charge in [0.05, 0.1) is 25.9 Å². The average Bonchev–Trinajstić information content (AvgIpc) is 2.93. The second-order valence-electron chi connectivity index (χ2n) is 5.93. The molecule has 1 aromatic rings. The van der Waals surface area contributed by atoms with Gasteiger partial charge in [-0.25, -0.2) is 0 Å². The molecule has 2 rings (SSSR count). The second kappa shape index (κ2) is 9.89. The van der Waals surface area contributed by atoms with Crippen LogP contribution in [-0.2, 0) is 19.1 Å². The van der Waals surface area contributed by atoms with E-state index in [1.54, 1.807) is 51.7 Å². The first-order chi connectivity index (χ1) is 13.1. The number of carbonyl (C=O) groups excluding carboxylic acids is 2. The summed E-state index contributed by atoms with van der Waals surface area (Å²) in [5, 5.41) is 0. The minimum atomic E-state index is -0.335. The Labute approximate surface area is 159 Å². The SMILES string of the molecule is C=CCN1C(=O)C(c2ccc(OC)cc2)=C(N(CCOC)CCOC)C1=O. The van der Waals surface area contributed by atoms with Crippen LogP contribution in [0, 0.1) is 0 Å². The molecule has 0 N–H and O–H groups in total. The lowest BCUT2D eigenvalue weighted by molar-refractivity contribution is -0.137. The van der Waals surface area contributed by atoms with Crippen molar-refractivity contribution < 1.29 is 23.8 Å². The molecule has 1 aromatic carbocycles. The Balaban J connectivity index is 2.52. The maximum atomic E-state index is 13.0. The van der Waals surface area contributed by atoms with Gasteiger partial charge >= 0.3 is 0 Å². The van der Waals surface area contributed by atoms with Gasteiger partial charge in [0, 0.05) is 33.9 Å². The molecule has 0 aromatic heterocycles. The maximum Gasteiger partial charge on any atom is 0.278 e. The van der Waals surface area contributed by atoms with E-state index in [9.17, 15) is 9.59 Å². The third-order valence-electron chi connectivity index (χ3n) is 4.28. The zero-order valence-corrected chi connectivity index (χ0v) is 16.1. The topological polar surface area (TPSA) is 68.3 Å². The molecule has 0 radical (unpaired) electrons. The predicted octanol–water partition coefficient (Wildman–Crippen LogP) is 1.56. The molecule has 146 valence electrons. The zero-order chi connectivity index (χ0) is 19.8. The largest absolute Gasteiger partial charge is 0.497 e. The third-order valence-corrected chi connectivity index (χ3v) is 4.28. The molecule has 0 saturated heterocycles. The Morgan fingerprint density at radius 2 is 1.59 bits per heavy atom. The first-order valence-electron chi connectivity index (χ1n) is 8.67. The summed E-state index contributed by atoms with van der Waals surface area (Å²) in [6.45, 7) is 5.59. The van der Waals surface area contributed by atoms with Gasteiger partial charge in [-0.1, -0.05) is 18.2 Å². The fourth-order valence-corrected chi connectivity index (χ4v) is 2.91. The molecule has 0 unspecified atom stereocenters. The van der Waals surface area contributed by atoms with Crippen LogP contribution in [0.25, 0.3) is 5.57 Å². The van der Waals surface area contributed by atoms with Crippen molar-refractivity contribution in [2.24, 2.45) is 0 Å². The van der Waals surface area contributed by atoms with E-state index in [1.807, 2.05) is 4.90 Å². The Morgan fingerprint density at radius 1 is 1.00 bits per heavy atom. The van der Waals surface area contributed by atoms with Crippen molar-refractivity contribution >= 4 is 17.4 Å². The van der Waals surface area contributed by atoms with E-state index >= 15 is 0 Å². The standard InChI is InChI=1S/C20H26N2O5/c1-5-10-22-19(23)17(15-6-8-16(27-4)9-7-15)18(20(22)24)21(11-13-25-2)12-14-26-3/h5-9H,1,10-14H2,2-4H3. The molecule has 7 nitrogen and oxygen atoms in total. The highest BCUT2D eigenvalue weighted by Crippen LogP contribution is 2.32. The highest BCUT2D eigenvalue weighted by molar-refractivity contribution is 6.35. The molecule has 0 fully saturated rings. The maximum absolute atomic E-state index is 13.0. The van der Waals surface area contributed by atoms with E-state index in [4.69, 9.17) is 14.2 Å². The van der Waals surface area contributed by atoms with Gasteiger partial charge in [-0.15, -0.1) is 6.58 Å². The fraction of sp³-hybridized carbons (Fsp3) is 0.400. The molecule has 7 heteroatoms.